The summed E-state index contributed by atoms with van der Waals surface area (Å²) >= 11 is 7.16. The molecule has 1 fully saturated rings. The van der Waals surface area contributed by atoms with E-state index in [-0.39, 0.29) is 5.60 Å². The first-order valence-electron chi connectivity index (χ1n) is 4.67. The minimum absolute atomic E-state index is 0.0317. The van der Waals surface area contributed by atoms with Crippen LogP contribution in [0.2, 0.25) is 4.47 Å². The molecule has 1 aromatic heterocycles. The first-order chi connectivity index (χ1) is 6.68. The molecule has 2 heterocycles. The van der Waals surface area contributed by atoms with Crippen LogP contribution < -0.4 is 5.32 Å². The fourth-order valence-corrected chi connectivity index (χ4v) is 2.31. The summed E-state index contributed by atoms with van der Waals surface area (Å²) in [4.78, 5) is 4.12. The van der Waals surface area contributed by atoms with E-state index < -0.39 is 0 Å². The third kappa shape index (κ3) is 2.38. The normalized spacial score (nSPS) is 26.7. The lowest BCUT2D eigenvalue weighted by molar-refractivity contribution is 0.0315. The van der Waals surface area contributed by atoms with E-state index in [0.717, 1.165) is 31.8 Å². The van der Waals surface area contributed by atoms with E-state index in [1.807, 2.05) is 5.38 Å². The highest BCUT2D eigenvalue weighted by atomic mass is 35.5. The Morgan fingerprint density at radius 2 is 2.64 bits per heavy atom. The largest absolute Gasteiger partial charge is 0.373 e. The highest BCUT2D eigenvalue weighted by molar-refractivity contribution is 7.14. The van der Waals surface area contributed by atoms with Gasteiger partial charge in [0.2, 0.25) is 0 Å². The second kappa shape index (κ2) is 4.04. The molecule has 0 amide bonds. The monoisotopic (exact) mass is 232 g/mol. The molecule has 1 unspecified atom stereocenters. The Hall–Kier alpha value is -0.320. The molecule has 3 nitrogen and oxygen atoms in total. The number of aromatic nitrogens is 1. The second-order valence-electron chi connectivity index (χ2n) is 3.74. The van der Waals surface area contributed by atoms with Gasteiger partial charge in [0.05, 0.1) is 5.60 Å². The van der Waals surface area contributed by atoms with Gasteiger partial charge < -0.3 is 10.1 Å². The van der Waals surface area contributed by atoms with Crippen molar-refractivity contribution in [3.63, 3.8) is 0 Å². The maximum absolute atomic E-state index is 5.73. The summed E-state index contributed by atoms with van der Waals surface area (Å²) in [6, 6.07) is 0. The first-order valence-corrected chi connectivity index (χ1v) is 5.93. The lowest BCUT2D eigenvalue weighted by Gasteiger charge is -2.23. The second-order valence-corrected chi connectivity index (χ2v) is 5.18. The highest BCUT2D eigenvalue weighted by Gasteiger charge is 2.29. The third-order valence-corrected chi connectivity index (χ3v) is 3.40. The van der Waals surface area contributed by atoms with Gasteiger partial charge in [0, 0.05) is 18.5 Å². The Labute approximate surface area is 92.4 Å². The van der Waals surface area contributed by atoms with Crippen molar-refractivity contribution in [2.45, 2.75) is 25.4 Å². The van der Waals surface area contributed by atoms with Gasteiger partial charge in [-0.25, -0.2) is 4.98 Å². The van der Waals surface area contributed by atoms with Crippen LogP contribution in [0.3, 0.4) is 0 Å². The van der Waals surface area contributed by atoms with Crippen molar-refractivity contribution >= 4 is 28.8 Å². The summed E-state index contributed by atoms with van der Waals surface area (Å²) in [5.41, 5.74) is -0.0317. The predicted molar refractivity (Wildman–Crippen MR) is 59.2 cm³/mol. The number of nitrogens with one attached hydrogen (secondary N) is 1. The molecule has 1 aromatic rings. The quantitative estimate of drug-likeness (QED) is 0.870. The van der Waals surface area contributed by atoms with E-state index in [9.17, 15) is 0 Å². The average molecular weight is 233 g/mol. The van der Waals surface area contributed by atoms with Crippen molar-refractivity contribution in [3.05, 3.63) is 9.85 Å². The van der Waals surface area contributed by atoms with Crippen molar-refractivity contribution in [2.75, 3.05) is 18.5 Å². The maximum Gasteiger partial charge on any atom is 0.185 e. The SMILES string of the molecule is CC1(CNc2csc(Cl)n2)CCCO1. The highest BCUT2D eigenvalue weighted by Crippen LogP contribution is 2.26. The Bertz CT molecular complexity index is 310. The number of hydrogen-bond acceptors (Lipinski definition) is 4. The Morgan fingerprint density at radius 3 is 3.21 bits per heavy atom. The minimum atomic E-state index is -0.0317. The van der Waals surface area contributed by atoms with Crippen LogP contribution in [-0.4, -0.2) is 23.7 Å². The van der Waals surface area contributed by atoms with Gasteiger partial charge in [-0.3, -0.25) is 0 Å². The van der Waals surface area contributed by atoms with E-state index in [2.05, 4.69) is 17.2 Å². The molecule has 1 aliphatic rings. The lowest BCUT2D eigenvalue weighted by atomic mass is 10.0. The zero-order chi connectivity index (χ0) is 10.0. The summed E-state index contributed by atoms with van der Waals surface area (Å²) in [5.74, 6) is 0.844. The molecule has 5 heteroatoms. The molecule has 0 bridgehead atoms. The molecule has 1 aliphatic heterocycles. The Morgan fingerprint density at radius 1 is 1.79 bits per heavy atom. The lowest BCUT2D eigenvalue weighted by Crippen LogP contribution is -2.32. The van der Waals surface area contributed by atoms with Gasteiger partial charge in [-0.1, -0.05) is 11.6 Å². The molecule has 1 atom stereocenters. The van der Waals surface area contributed by atoms with Gasteiger partial charge in [0.1, 0.15) is 5.82 Å². The van der Waals surface area contributed by atoms with Crippen LogP contribution in [0.5, 0.6) is 0 Å². The smallest absolute Gasteiger partial charge is 0.185 e. The van der Waals surface area contributed by atoms with Gasteiger partial charge in [-0.2, -0.15) is 0 Å². The van der Waals surface area contributed by atoms with Gasteiger partial charge in [0.25, 0.3) is 0 Å². The fraction of sp³-hybridized carbons (Fsp3) is 0.667. The average Bonchev–Trinajstić information content (AvgIpc) is 2.73. The summed E-state index contributed by atoms with van der Waals surface area (Å²) in [6.07, 6.45) is 2.26. The summed E-state index contributed by atoms with van der Waals surface area (Å²) in [6.45, 7) is 3.80. The van der Waals surface area contributed by atoms with E-state index in [4.69, 9.17) is 16.3 Å². The molecule has 1 N–H and O–H groups in total. The molecule has 1 saturated heterocycles. The van der Waals surface area contributed by atoms with E-state index >= 15 is 0 Å². The summed E-state index contributed by atoms with van der Waals surface area (Å²) in [7, 11) is 0. The predicted octanol–water partition coefficient (Wildman–Crippen LogP) is 2.78. The van der Waals surface area contributed by atoms with Crippen molar-refractivity contribution in [1.82, 2.24) is 4.98 Å². The first kappa shape index (κ1) is 10.2. The van der Waals surface area contributed by atoms with E-state index in [1.54, 1.807) is 0 Å². The van der Waals surface area contributed by atoms with Crippen molar-refractivity contribution in [3.8, 4) is 0 Å². The zero-order valence-corrected chi connectivity index (χ0v) is 9.62. The number of nitrogens with zero attached hydrogens (tertiary/aromatic N) is 1. The third-order valence-electron chi connectivity index (χ3n) is 2.42. The molecule has 2 rings (SSSR count). The van der Waals surface area contributed by atoms with Crippen LogP contribution in [0.1, 0.15) is 19.8 Å². The van der Waals surface area contributed by atoms with Crippen LogP contribution in [-0.2, 0) is 4.74 Å². The van der Waals surface area contributed by atoms with Crippen LogP contribution in [0.25, 0.3) is 0 Å². The minimum Gasteiger partial charge on any atom is -0.373 e. The Kier molecular flexibility index (Phi) is 2.95. The molecule has 0 spiro atoms. The number of thiazole rings is 1. The summed E-state index contributed by atoms with van der Waals surface area (Å²) < 4.78 is 6.22. The topological polar surface area (TPSA) is 34.2 Å². The van der Waals surface area contributed by atoms with Gasteiger partial charge >= 0.3 is 0 Å². The number of anilines is 1. The van der Waals surface area contributed by atoms with Gasteiger partial charge in [0.15, 0.2) is 4.47 Å². The van der Waals surface area contributed by atoms with E-state index in [1.165, 1.54) is 11.3 Å². The molecule has 0 radical (unpaired) electrons. The van der Waals surface area contributed by atoms with Crippen LogP contribution >= 0.6 is 22.9 Å². The molecular weight excluding hydrogens is 220 g/mol. The molecule has 14 heavy (non-hydrogen) atoms. The molecule has 0 aliphatic carbocycles. The van der Waals surface area contributed by atoms with Gasteiger partial charge in [-0.05, 0) is 19.8 Å². The van der Waals surface area contributed by atoms with Crippen LogP contribution in [0, 0.1) is 0 Å². The Balaban J connectivity index is 1.87. The molecular formula is C9H13ClN2OS. The standard InChI is InChI=1S/C9H13ClN2OS/c1-9(3-2-4-13-9)6-11-7-5-14-8(10)12-7/h5,11H,2-4,6H2,1H3. The van der Waals surface area contributed by atoms with Crippen molar-refractivity contribution < 1.29 is 4.74 Å². The van der Waals surface area contributed by atoms with E-state index in [0.29, 0.717) is 4.47 Å². The molecule has 0 saturated carbocycles. The number of ether oxygens (including phenoxy) is 1. The molecule has 78 valence electrons. The number of hydrogen-bond donors (Lipinski definition) is 1. The number of rotatable bonds is 3. The summed E-state index contributed by atoms with van der Waals surface area (Å²) in [5, 5.41) is 5.16. The van der Waals surface area contributed by atoms with Crippen molar-refractivity contribution in [2.24, 2.45) is 0 Å². The molecule has 0 aromatic carbocycles. The number of halogens is 1. The maximum atomic E-state index is 5.73. The van der Waals surface area contributed by atoms with Gasteiger partial charge in [-0.15, -0.1) is 11.3 Å². The van der Waals surface area contributed by atoms with Crippen molar-refractivity contribution in [1.29, 1.82) is 0 Å². The zero-order valence-electron chi connectivity index (χ0n) is 8.05. The fourth-order valence-electron chi connectivity index (χ4n) is 1.59. The van der Waals surface area contributed by atoms with Crippen LogP contribution in [0.15, 0.2) is 5.38 Å². The van der Waals surface area contributed by atoms with Crippen LogP contribution in [0.4, 0.5) is 5.82 Å².